The molecular weight excluding hydrogens is 416 g/mol. The molecule has 1 saturated heterocycles. The van der Waals surface area contributed by atoms with Crippen molar-refractivity contribution in [1.29, 1.82) is 0 Å². The number of anilines is 1. The number of hydrogen-bond acceptors (Lipinski definition) is 5. The van der Waals surface area contributed by atoms with Gasteiger partial charge in [0, 0.05) is 31.2 Å². The van der Waals surface area contributed by atoms with Gasteiger partial charge in [0.1, 0.15) is 11.5 Å². The highest BCUT2D eigenvalue weighted by atomic mass is 16.5. The van der Waals surface area contributed by atoms with E-state index >= 15 is 0 Å². The normalized spacial score (nSPS) is 17.6. The lowest BCUT2D eigenvalue weighted by Crippen LogP contribution is -2.38. The van der Waals surface area contributed by atoms with Gasteiger partial charge >= 0.3 is 0 Å². The molecule has 2 aliphatic heterocycles. The maximum atomic E-state index is 13.3. The van der Waals surface area contributed by atoms with E-state index < -0.39 is 0 Å². The highest BCUT2D eigenvalue weighted by Gasteiger charge is 2.33. The summed E-state index contributed by atoms with van der Waals surface area (Å²) in [4.78, 5) is 27.5. The number of hydrogen-bond donors (Lipinski definition) is 1. The minimum absolute atomic E-state index is 0.0486. The Bertz CT molecular complexity index is 1440. The molecule has 2 aromatic carbocycles. The van der Waals surface area contributed by atoms with Crippen LogP contribution >= 0.6 is 0 Å². The Morgan fingerprint density at radius 3 is 3.03 bits per heavy atom. The number of carbonyl (C=O) groups excluding carboxylic acids is 1. The number of pyridine rings is 1. The van der Waals surface area contributed by atoms with Gasteiger partial charge in [0.25, 0.3) is 0 Å². The summed E-state index contributed by atoms with van der Waals surface area (Å²) in [5, 5.41) is 4.26. The SMILES string of the molecule is [C-]#[N+]c1ccc2cc1Oc1cnc3cccc(c3c1)N1CC[C@@H](NCc3cncn3C2)C1=O. The molecule has 4 aromatic rings. The van der Waals surface area contributed by atoms with E-state index in [1.54, 1.807) is 18.6 Å². The van der Waals surface area contributed by atoms with Crippen LogP contribution < -0.4 is 15.0 Å². The second-order valence-corrected chi connectivity index (χ2v) is 8.26. The molecule has 2 aromatic heterocycles. The molecule has 33 heavy (non-hydrogen) atoms. The predicted octanol–water partition coefficient (Wildman–Crippen LogP) is 4.03. The van der Waals surface area contributed by atoms with Crippen molar-refractivity contribution in [3.05, 3.63) is 83.9 Å². The van der Waals surface area contributed by atoms with E-state index in [0.717, 1.165) is 34.3 Å². The Labute approximate surface area is 190 Å². The third-order valence-electron chi connectivity index (χ3n) is 6.23. The second-order valence-electron chi connectivity index (χ2n) is 8.26. The van der Waals surface area contributed by atoms with Gasteiger partial charge in [-0.25, -0.2) is 9.83 Å². The third-order valence-corrected chi connectivity index (χ3v) is 6.23. The number of nitrogens with one attached hydrogen (secondary N) is 1. The number of fused-ring (bicyclic) bond motifs is 7. The number of ether oxygens (including phenoxy) is 1. The van der Waals surface area contributed by atoms with Crippen LogP contribution in [-0.4, -0.2) is 33.0 Å². The average molecular weight is 436 g/mol. The number of amides is 1. The van der Waals surface area contributed by atoms with E-state index in [0.29, 0.717) is 36.8 Å². The molecule has 1 fully saturated rings. The highest BCUT2D eigenvalue weighted by molar-refractivity contribution is 6.06. The summed E-state index contributed by atoms with van der Waals surface area (Å²) in [6, 6.07) is 13.0. The van der Waals surface area contributed by atoms with Gasteiger partial charge in [0.15, 0.2) is 0 Å². The zero-order valence-electron chi connectivity index (χ0n) is 17.7. The molecule has 0 radical (unpaired) electrons. The first-order valence-electron chi connectivity index (χ1n) is 10.8. The van der Waals surface area contributed by atoms with Crippen LogP contribution in [0.3, 0.4) is 0 Å². The Hall–Kier alpha value is -4.22. The lowest BCUT2D eigenvalue weighted by atomic mass is 10.1. The zero-order valence-corrected chi connectivity index (χ0v) is 17.7. The first-order chi connectivity index (χ1) is 16.2. The lowest BCUT2D eigenvalue weighted by molar-refractivity contribution is -0.118. The zero-order chi connectivity index (χ0) is 22.4. The molecule has 8 nitrogen and oxygen atoms in total. The Balaban J connectivity index is 1.51. The van der Waals surface area contributed by atoms with Crippen molar-refractivity contribution < 1.29 is 9.53 Å². The lowest BCUT2D eigenvalue weighted by Gasteiger charge is -2.20. The summed E-state index contributed by atoms with van der Waals surface area (Å²) in [6.45, 7) is 9.29. The first-order valence-corrected chi connectivity index (χ1v) is 10.8. The van der Waals surface area contributed by atoms with Crippen LogP contribution in [-0.2, 0) is 17.9 Å². The van der Waals surface area contributed by atoms with Crippen molar-refractivity contribution in [2.24, 2.45) is 0 Å². The van der Waals surface area contributed by atoms with E-state index in [4.69, 9.17) is 11.3 Å². The molecule has 0 spiro atoms. The molecule has 0 aliphatic carbocycles. The van der Waals surface area contributed by atoms with Gasteiger partial charge in [0.2, 0.25) is 11.6 Å². The number of nitrogens with zero attached hydrogens (tertiary/aromatic N) is 5. The van der Waals surface area contributed by atoms with Crippen LogP contribution in [0.15, 0.2) is 61.2 Å². The summed E-state index contributed by atoms with van der Waals surface area (Å²) in [5.74, 6) is 1.05. The number of rotatable bonds is 0. The summed E-state index contributed by atoms with van der Waals surface area (Å²) in [6.07, 6.45) is 5.97. The van der Waals surface area contributed by atoms with Crippen LogP contribution in [0.4, 0.5) is 11.4 Å². The maximum Gasteiger partial charge on any atom is 0.244 e. The minimum Gasteiger partial charge on any atom is -0.467 e. The smallest absolute Gasteiger partial charge is 0.244 e. The van der Waals surface area contributed by atoms with Gasteiger partial charge in [-0.1, -0.05) is 18.2 Å². The van der Waals surface area contributed by atoms with Crippen LogP contribution in [0.25, 0.3) is 15.7 Å². The fourth-order valence-corrected chi connectivity index (χ4v) is 4.53. The number of aromatic nitrogens is 3. The van der Waals surface area contributed by atoms with Gasteiger partial charge in [-0.3, -0.25) is 9.78 Å². The molecule has 2 aliphatic rings. The Kier molecular flexibility index (Phi) is 4.56. The molecule has 162 valence electrons. The summed E-state index contributed by atoms with van der Waals surface area (Å²) in [7, 11) is 0. The summed E-state index contributed by atoms with van der Waals surface area (Å²) < 4.78 is 8.20. The van der Waals surface area contributed by atoms with Crippen molar-refractivity contribution in [2.75, 3.05) is 11.4 Å². The van der Waals surface area contributed by atoms with Gasteiger partial charge < -0.3 is 19.5 Å². The van der Waals surface area contributed by atoms with Crippen molar-refractivity contribution >= 4 is 28.2 Å². The maximum absolute atomic E-state index is 13.3. The number of benzene rings is 2. The standard InChI is InChI=1S/C25H20N6O2/c1-26-21-6-5-16-9-24(21)33-18-10-19-20(29-13-18)3-2-4-23(19)31-8-7-22(25(31)32)28-12-17-11-27-15-30(17)14-16/h2-6,9-11,13,15,22,28H,7-8,12,14H2/t22-/m1/s1. The van der Waals surface area contributed by atoms with Gasteiger partial charge in [-0.2, -0.15) is 0 Å². The van der Waals surface area contributed by atoms with Gasteiger partial charge in [-0.05, 0) is 36.2 Å². The van der Waals surface area contributed by atoms with Crippen molar-refractivity contribution in [3.8, 4) is 11.5 Å². The van der Waals surface area contributed by atoms with E-state index in [1.165, 1.54) is 0 Å². The molecule has 6 rings (SSSR count). The van der Waals surface area contributed by atoms with Crippen LogP contribution in [0.1, 0.15) is 17.7 Å². The average Bonchev–Trinajstić information content (AvgIpc) is 3.43. The minimum atomic E-state index is -0.256. The monoisotopic (exact) mass is 436 g/mol. The van der Waals surface area contributed by atoms with E-state index in [9.17, 15) is 4.79 Å². The summed E-state index contributed by atoms with van der Waals surface area (Å²) in [5.41, 5.74) is 4.01. The highest BCUT2D eigenvalue weighted by Crippen LogP contribution is 2.36. The first kappa shape index (κ1) is 19.5. The molecule has 8 heteroatoms. The summed E-state index contributed by atoms with van der Waals surface area (Å²) >= 11 is 0. The molecule has 4 heterocycles. The quantitative estimate of drug-likeness (QED) is 0.421. The van der Waals surface area contributed by atoms with Crippen molar-refractivity contribution in [1.82, 2.24) is 19.9 Å². The van der Waals surface area contributed by atoms with Gasteiger partial charge in [0.05, 0.1) is 42.0 Å². The van der Waals surface area contributed by atoms with E-state index in [-0.39, 0.29) is 11.9 Å². The largest absolute Gasteiger partial charge is 0.467 e. The van der Waals surface area contributed by atoms with Crippen LogP contribution in [0, 0.1) is 6.57 Å². The van der Waals surface area contributed by atoms with Crippen molar-refractivity contribution in [3.63, 3.8) is 0 Å². The third kappa shape index (κ3) is 3.39. The molecular formula is C25H20N6O2. The molecule has 6 bridgehead atoms. The molecule has 1 atom stereocenters. The van der Waals surface area contributed by atoms with Crippen LogP contribution in [0.5, 0.6) is 11.5 Å². The second kappa shape index (κ2) is 7.73. The molecule has 0 unspecified atom stereocenters. The Morgan fingerprint density at radius 1 is 1.18 bits per heavy atom. The molecule has 1 amide bonds. The van der Waals surface area contributed by atoms with E-state index in [2.05, 4.69) is 20.1 Å². The van der Waals surface area contributed by atoms with Gasteiger partial charge in [-0.15, -0.1) is 0 Å². The number of imidazole rings is 1. The fourth-order valence-electron chi connectivity index (χ4n) is 4.53. The topological polar surface area (TPSA) is 76.6 Å². The predicted molar refractivity (Wildman–Crippen MR) is 123 cm³/mol. The Morgan fingerprint density at radius 2 is 2.12 bits per heavy atom. The number of carbonyl (C=O) groups is 1. The van der Waals surface area contributed by atoms with Crippen molar-refractivity contribution in [2.45, 2.75) is 25.6 Å². The van der Waals surface area contributed by atoms with Crippen LogP contribution in [0.2, 0.25) is 0 Å². The van der Waals surface area contributed by atoms with E-state index in [1.807, 2.05) is 52.1 Å². The molecule has 0 saturated carbocycles. The molecule has 1 N–H and O–H groups in total. The fraction of sp³-hybridized carbons (Fsp3) is 0.200.